The predicted octanol–water partition coefficient (Wildman–Crippen LogP) is 8.67. The maximum Gasteiger partial charge on any atom is 0.259 e. The molecule has 0 bridgehead atoms. The van der Waals surface area contributed by atoms with Crippen LogP contribution in [0.5, 0.6) is 17.2 Å². The van der Waals surface area contributed by atoms with E-state index in [4.69, 9.17) is 37.5 Å². The summed E-state index contributed by atoms with van der Waals surface area (Å²) in [5.74, 6) is 2.22. The number of rotatable bonds is 20. The molecule has 1 aliphatic heterocycles. The smallest absolute Gasteiger partial charge is 0.259 e. The molecule has 4 atom stereocenters. The van der Waals surface area contributed by atoms with E-state index < -0.39 is 32.4 Å². The first kappa shape index (κ1) is 41.1. The third kappa shape index (κ3) is 9.79. The highest BCUT2D eigenvalue weighted by molar-refractivity contribution is 7.44. The van der Waals surface area contributed by atoms with Crippen molar-refractivity contribution in [3.8, 4) is 23.3 Å². The molecule has 1 saturated heterocycles. The van der Waals surface area contributed by atoms with E-state index in [0.29, 0.717) is 6.61 Å². The Bertz CT molecular complexity index is 1690. The van der Waals surface area contributed by atoms with Gasteiger partial charge in [0.15, 0.2) is 0 Å². The first-order chi connectivity index (χ1) is 26.2. The summed E-state index contributed by atoms with van der Waals surface area (Å²) in [4.78, 5) is 0. The van der Waals surface area contributed by atoms with Gasteiger partial charge in [-0.25, -0.2) is 4.67 Å². The molecule has 11 heteroatoms. The summed E-state index contributed by atoms with van der Waals surface area (Å²) in [6, 6.07) is 36.3. The van der Waals surface area contributed by atoms with E-state index in [0.717, 1.165) is 39.5 Å². The average Bonchev–Trinajstić information content (AvgIpc) is 3.58. The molecule has 0 amide bonds. The minimum atomic E-state index is -1.62. The van der Waals surface area contributed by atoms with Crippen LogP contribution in [0, 0.1) is 11.3 Å². The molecule has 0 aliphatic carbocycles. The molecule has 0 saturated carbocycles. The number of ether oxygens (including phenoxy) is 6. The summed E-state index contributed by atoms with van der Waals surface area (Å²) in [6.07, 6.45) is -1.33. The molecule has 1 fully saturated rings. The maximum absolute atomic E-state index is 9.35. The van der Waals surface area contributed by atoms with E-state index >= 15 is 0 Å². The lowest BCUT2D eigenvalue weighted by atomic mass is 9.80. The van der Waals surface area contributed by atoms with Gasteiger partial charge in [-0.1, -0.05) is 72.8 Å². The molecule has 0 N–H and O–H groups in total. The van der Waals surface area contributed by atoms with Crippen molar-refractivity contribution >= 4 is 8.53 Å². The van der Waals surface area contributed by atoms with Gasteiger partial charge in [0.1, 0.15) is 41.2 Å². The molecule has 288 valence electrons. The summed E-state index contributed by atoms with van der Waals surface area (Å²) >= 11 is 0. The van der Waals surface area contributed by atoms with E-state index in [1.165, 1.54) is 0 Å². The van der Waals surface area contributed by atoms with Crippen LogP contribution >= 0.6 is 8.53 Å². The van der Waals surface area contributed by atoms with Gasteiger partial charge in [0, 0.05) is 17.6 Å². The van der Waals surface area contributed by atoms with Crippen molar-refractivity contribution < 1.29 is 37.5 Å². The highest BCUT2D eigenvalue weighted by Gasteiger charge is 2.46. The van der Waals surface area contributed by atoms with Crippen molar-refractivity contribution in [2.45, 2.75) is 76.7 Å². The van der Waals surface area contributed by atoms with E-state index in [2.05, 4.69) is 50.6 Å². The minimum absolute atomic E-state index is 0.110. The number of methoxy groups -OCH3 is 3. The van der Waals surface area contributed by atoms with Gasteiger partial charge in [-0.2, -0.15) is 5.26 Å². The Morgan fingerprint density at radius 2 is 1.35 bits per heavy atom. The third-order valence-electron chi connectivity index (χ3n) is 9.36. The fourth-order valence-corrected chi connectivity index (χ4v) is 8.55. The van der Waals surface area contributed by atoms with Gasteiger partial charge in [-0.15, -0.1) is 0 Å². The Kier molecular flexibility index (Phi) is 15.3. The Morgan fingerprint density at radius 1 is 0.778 bits per heavy atom. The first-order valence-corrected chi connectivity index (χ1v) is 19.5. The molecule has 1 heterocycles. The van der Waals surface area contributed by atoms with Crippen LogP contribution in [0.25, 0.3) is 0 Å². The van der Waals surface area contributed by atoms with Crippen LogP contribution in [0.15, 0.2) is 103 Å². The van der Waals surface area contributed by atoms with Crippen molar-refractivity contribution in [3.05, 3.63) is 125 Å². The fourth-order valence-electron chi connectivity index (χ4n) is 6.77. The number of hydrogen-bond acceptors (Lipinski definition) is 10. The quantitative estimate of drug-likeness (QED) is 0.0495. The Hall–Kier alpha value is -4.04. The summed E-state index contributed by atoms with van der Waals surface area (Å²) in [5.41, 5.74) is 2.62. The Labute approximate surface area is 321 Å². The molecular weight excluding hydrogens is 703 g/mol. The Morgan fingerprint density at radius 3 is 1.91 bits per heavy atom. The standard InChI is InChI=1S/C43H53N2O8P/c1-31(2)45(32(3)4)54(52-27-13-26-44)53-42-40(49-28-33-14-11-12-17-39(33)48-7)29-50-41(42)30-51-43(34-15-9-8-10-16-34,35-18-22-37(46-5)23-19-35)36-20-24-38(47-6)25-21-36/h8-12,14-25,31-32,40-42H,13,27-30H2,1-7H3/t40-,41+,42-,54?/m0/s1. The highest BCUT2D eigenvalue weighted by Crippen LogP contribution is 2.50. The van der Waals surface area contributed by atoms with Crippen molar-refractivity contribution in [1.29, 1.82) is 5.26 Å². The highest BCUT2D eigenvalue weighted by atomic mass is 31.2. The number of benzene rings is 4. The zero-order valence-corrected chi connectivity index (χ0v) is 33.2. The molecule has 0 spiro atoms. The van der Waals surface area contributed by atoms with Crippen molar-refractivity contribution in [1.82, 2.24) is 4.67 Å². The van der Waals surface area contributed by atoms with Crippen molar-refractivity contribution in [2.75, 3.05) is 41.2 Å². The SMILES string of the molecule is COc1ccc(C(OC[C@H]2OC[C@H](OCc3ccccc3OC)[C@@H]2OP(OCCC#N)N(C(C)C)C(C)C)(c2ccccc2)c2ccc(OC)cc2)cc1. The first-order valence-electron chi connectivity index (χ1n) is 18.3. The third-order valence-corrected chi connectivity index (χ3v) is 11.5. The topological polar surface area (TPSA) is 101 Å². The van der Waals surface area contributed by atoms with Crippen LogP contribution in [-0.2, 0) is 35.5 Å². The second-order valence-electron chi connectivity index (χ2n) is 13.5. The van der Waals surface area contributed by atoms with Crippen LogP contribution in [0.2, 0.25) is 0 Å². The number of para-hydroxylation sites is 1. The van der Waals surface area contributed by atoms with Gasteiger partial charge in [-0.05, 0) is 74.7 Å². The maximum atomic E-state index is 9.35. The van der Waals surface area contributed by atoms with E-state index in [1.54, 1.807) is 21.3 Å². The molecule has 1 unspecified atom stereocenters. The number of nitrogens with zero attached hydrogens (tertiary/aromatic N) is 2. The van der Waals surface area contributed by atoms with E-state index in [1.807, 2.05) is 91.0 Å². The average molecular weight is 757 g/mol. The molecule has 54 heavy (non-hydrogen) atoms. The second kappa shape index (κ2) is 20.0. The zero-order valence-electron chi connectivity index (χ0n) is 32.3. The molecule has 4 aromatic rings. The second-order valence-corrected chi connectivity index (χ2v) is 14.9. The van der Waals surface area contributed by atoms with Crippen molar-refractivity contribution in [3.63, 3.8) is 0 Å². The van der Waals surface area contributed by atoms with Crippen LogP contribution in [0.4, 0.5) is 0 Å². The van der Waals surface area contributed by atoms with Gasteiger partial charge in [0.25, 0.3) is 8.53 Å². The van der Waals surface area contributed by atoms with E-state index in [9.17, 15) is 5.26 Å². The van der Waals surface area contributed by atoms with Crippen LogP contribution in [0.1, 0.15) is 56.4 Å². The lowest BCUT2D eigenvalue weighted by Gasteiger charge is -2.39. The Balaban J connectivity index is 1.55. The van der Waals surface area contributed by atoms with Crippen molar-refractivity contribution in [2.24, 2.45) is 0 Å². The van der Waals surface area contributed by atoms with Crippen LogP contribution in [-0.4, -0.2) is 76.2 Å². The summed E-state index contributed by atoms with van der Waals surface area (Å²) < 4.78 is 52.7. The van der Waals surface area contributed by atoms with Gasteiger partial charge in [0.05, 0.1) is 60.2 Å². The lowest BCUT2D eigenvalue weighted by molar-refractivity contribution is -0.0726. The van der Waals surface area contributed by atoms with Gasteiger partial charge >= 0.3 is 0 Å². The largest absolute Gasteiger partial charge is 0.497 e. The number of hydrogen-bond donors (Lipinski definition) is 0. The molecule has 5 rings (SSSR count). The summed E-state index contributed by atoms with van der Waals surface area (Å²) in [6.45, 7) is 9.43. The summed E-state index contributed by atoms with van der Waals surface area (Å²) in [7, 11) is 3.34. The zero-order chi connectivity index (χ0) is 38.5. The molecule has 0 radical (unpaired) electrons. The molecular formula is C43H53N2O8P. The number of nitriles is 1. The van der Waals surface area contributed by atoms with Gasteiger partial charge in [0.2, 0.25) is 0 Å². The minimum Gasteiger partial charge on any atom is -0.497 e. The molecule has 4 aromatic carbocycles. The monoisotopic (exact) mass is 756 g/mol. The molecule has 10 nitrogen and oxygen atoms in total. The normalized spacial score (nSPS) is 17.8. The lowest BCUT2D eigenvalue weighted by Crippen LogP contribution is -2.42. The predicted molar refractivity (Wildman–Crippen MR) is 210 cm³/mol. The molecule has 1 aliphatic rings. The van der Waals surface area contributed by atoms with Crippen LogP contribution in [0.3, 0.4) is 0 Å². The van der Waals surface area contributed by atoms with Gasteiger partial charge < -0.3 is 37.5 Å². The molecule has 0 aromatic heterocycles. The van der Waals surface area contributed by atoms with Crippen LogP contribution < -0.4 is 14.2 Å². The summed E-state index contributed by atoms with van der Waals surface area (Å²) in [5, 5.41) is 9.35. The van der Waals surface area contributed by atoms with E-state index in [-0.39, 0.29) is 38.3 Å². The van der Waals surface area contributed by atoms with Gasteiger partial charge in [-0.3, -0.25) is 0 Å². The fraction of sp³-hybridized carbons (Fsp3) is 0.419.